The maximum atomic E-state index is 12.4. The summed E-state index contributed by atoms with van der Waals surface area (Å²) in [6.07, 6.45) is 7.71. The van der Waals surface area contributed by atoms with Crippen molar-refractivity contribution in [3.8, 4) is 5.75 Å². The van der Waals surface area contributed by atoms with Crippen molar-refractivity contribution in [2.75, 3.05) is 6.61 Å². The Morgan fingerprint density at radius 1 is 1.10 bits per heavy atom. The summed E-state index contributed by atoms with van der Waals surface area (Å²) in [6.45, 7) is 5.07. The lowest BCUT2D eigenvalue weighted by Crippen LogP contribution is -2.23. The van der Waals surface area contributed by atoms with Crippen LogP contribution >= 0.6 is 0 Å². The van der Waals surface area contributed by atoms with Crippen molar-refractivity contribution >= 4 is 5.78 Å². The van der Waals surface area contributed by atoms with Gasteiger partial charge in [0, 0.05) is 12.3 Å². The van der Waals surface area contributed by atoms with Gasteiger partial charge >= 0.3 is 0 Å². The van der Waals surface area contributed by atoms with Crippen molar-refractivity contribution in [3.05, 3.63) is 29.8 Å². The maximum absolute atomic E-state index is 12.4. The van der Waals surface area contributed by atoms with Crippen molar-refractivity contribution < 1.29 is 9.53 Å². The molecule has 1 aliphatic carbocycles. The van der Waals surface area contributed by atoms with Gasteiger partial charge in [0.1, 0.15) is 11.5 Å². The molecule has 2 atom stereocenters. The van der Waals surface area contributed by atoms with E-state index in [1.807, 2.05) is 12.1 Å². The normalized spacial score (nSPS) is 22.3. The third-order valence-corrected chi connectivity index (χ3v) is 4.46. The first kappa shape index (κ1) is 16.1. The standard InChI is InChI=1S/C19H28O2/c1-3-5-6-15-7-12-18(19(20)14-15)16-8-10-17(11-9-16)21-13-4-2/h8-11,15,18H,3-7,12-14H2,1-2H3/t15-,18+/m1/s1. The third kappa shape index (κ3) is 4.59. The molecular weight excluding hydrogens is 260 g/mol. The number of rotatable bonds is 7. The number of carbonyl (C=O) groups excluding carboxylic acids is 1. The molecule has 1 saturated carbocycles. The van der Waals surface area contributed by atoms with Gasteiger partial charge in [-0.05, 0) is 42.9 Å². The second-order valence-electron chi connectivity index (χ2n) is 6.23. The Bertz CT molecular complexity index is 435. The van der Waals surface area contributed by atoms with Gasteiger partial charge in [0.2, 0.25) is 0 Å². The monoisotopic (exact) mass is 288 g/mol. The van der Waals surface area contributed by atoms with Crippen LogP contribution in [0.5, 0.6) is 5.75 Å². The molecule has 1 aliphatic rings. The Kier molecular flexibility index (Phi) is 6.28. The van der Waals surface area contributed by atoms with Gasteiger partial charge in [0.25, 0.3) is 0 Å². The topological polar surface area (TPSA) is 26.3 Å². The molecule has 0 saturated heterocycles. The molecule has 21 heavy (non-hydrogen) atoms. The number of unbranched alkanes of at least 4 members (excludes halogenated alkanes) is 1. The van der Waals surface area contributed by atoms with Gasteiger partial charge in [0.05, 0.1) is 6.61 Å². The number of hydrogen-bond donors (Lipinski definition) is 0. The molecule has 0 bridgehead atoms. The molecule has 1 aromatic carbocycles. The molecule has 2 rings (SSSR count). The molecule has 0 aliphatic heterocycles. The van der Waals surface area contributed by atoms with E-state index in [4.69, 9.17) is 4.74 Å². The van der Waals surface area contributed by atoms with Crippen LogP contribution in [0.4, 0.5) is 0 Å². The Labute approximate surface area is 128 Å². The number of carbonyl (C=O) groups is 1. The number of hydrogen-bond acceptors (Lipinski definition) is 2. The van der Waals surface area contributed by atoms with Crippen molar-refractivity contribution in [1.82, 2.24) is 0 Å². The van der Waals surface area contributed by atoms with Crippen LogP contribution in [0.2, 0.25) is 0 Å². The highest BCUT2D eigenvalue weighted by Gasteiger charge is 2.29. The predicted octanol–water partition coefficient (Wildman–Crippen LogP) is 5.12. The van der Waals surface area contributed by atoms with E-state index in [1.54, 1.807) is 0 Å². The number of benzene rings is 1. The average molecular weight is 288 g/mol. The minimum Gasteiger partial charge on any atom is -0.494 e. The fraction of sp³-hybridized carbons (Fsp3) is 0.632. The molecule has 0 spiro atoms. The van der Waals surface area contributed by atoms with Crippen LogP contribution in [0, 0.1) is 5.92 Å². The highest BCUT2D eigenvalue weighted by atomic mass is 16.5. The zero-order valence-electron chi connectivity index (χ0n) is 13.4. The first-order chi connectivity index (χ1) is 10.2. The smallest absolute Gasteiger partial charge is 0.140 e. The molecule has 1 fully saturated rings. The van der Waals surface area contributed by atoms with Crippen LogP contribution < -0.4 is 4.74 Å². The second-order valence-corrected chi connectivity index (χ2v) is 6.23. The summed E-state index contributed by atoms with van der Waals surface area (Å²) in [7, 11) is 0. The van der Waals surface area contributed by atoms with Crippen LogP contribution in [-0.2, 0) is 4.79 Å². The molecule has 0 aromatic heterocycles. The summed E-state index contributed by atoms with van der Waals surface area (Å²) in [4.78, 5) is 12.4. The SMILES string of the molecule is CCCC[C@@H]1CC[C@@H](c2ccc(OCCC)cc2)C(=O)C1. The quantitative estimate of drug-likeness (QED) is 0.696. The zero-order chi connectivity index (χ0) is 15.1. The summed E-state index contributed by atoms with van der Waals surface area (Å²) in [5.41, 5.74) is 1.16. The molecule has 1 aromatic rings. The lowest BCUT2D eigenvalue weighted by molar-refractivity contribution is -0.123. The van der Waals surface area contributed by atoms with E-state index in [1.165, 1.54) is 25.7 Å². The molecule has 116 valence electrons. The average Bonchev–Trinajstić information content (AvgIpc) is 2.52. The van der Waals surface area contributed by atoms with Gasteiger partial charge in [-0.1, -0.05) is 45.2 Å². The van der Waals surface area contributed by atoms with Crippen LogP contribution in [-0.4, -0.2) is 12.4 Å². The fourth-order valence-electron chi connectivity index (χ4n) is 3.20. The molecule has 2 nitrogen and oxygen atoms in total. The highest BCUT2D eigenvalue weighted by Crippen LogP contribution is 2.35. The van der Waals surface area contributed by atoms with E-state index in [-0.39, 0.29) is 5.92 Å². The van der Waals surface area contributed by atoms with Crippen molar-refractivity contribution in [2.45, 2.75) is 64.7 Å². The first-order valence-corrected chi connectivity index (χ1v) is 8.50. The number of ketones is 1. The maximum Gasteiger partial charge on any atom is 0.140 e. The summed E-state index contributed by atoms with van der Waals surface area (Å²) >= 11 is 0. The Hall–Kier alpha value is -1.31. The van der Waals surface area contributed by atoms with E-state index >= 15 is 0 Å². The minimum absolute atomic E-state index is 0.114. The fourth-order valence-corrected chi connectivity index (χ4v) is 3.20. The van der Waals surface area contributed by atoms with Crippen LogP contribution in [0.15, 0.2) is 24.3 Å². The molecule has 0 radical (unpaired) electrons. The Morgan fingerprint density at radius 3 is 2.48 bits per heavy atom. The van der Waals surface area contributed by atoms with Gasteiger partial charge < -0.3 is 4.74 Å². The number of ether oxygens (including phenoxy) is 1. The van der Waals surface area contributed by atoms with Gasteiger partial charge in [-0.3, -0.25) is 4.79 Å². The Balaban J connectivity index is 1.91. The van der Waals surface area contributed by atoms with E-state index < -0.39 is 0 Å². The van der Waals surface area contributed by atoms with Crippen molar-refractivity contribution in [3.63, 3.8) is 0 Å². The number of Topliss-reactive ketones (excluding diaryl/α,β-unsaturated/α-hetero) is 1. The largest absolute Gasteiger partial charge is 0.494 e. The van der Waals surface area contributed by atoms with Gasteiger partial charge in [0.15, 0.2) is 0 Å². The van der Waals surface area contributed by atoms with E-state index in [0.29, 0.717) is 11.7 Å². The van der Waals surface area contributed by atoms with Gasteiger partial charge in [-0.25, -0.2) is 0 Å². The van der Waals surface area contributed by atoms with Gasteiger partial charge in [-0.15, -0.1) is 0 Å². The highest BCUT2D eigenvalue weighted by molar-refractivity contribution is 5.86. The summed E-state index contributed by atoms with van der Waals surface area (Å²) in [5.74, 6) is 2.08. The third-order valence-electron chi connectivity index (χ3n) is 4.46. The van der Waals surface area contributed by atoms with Crippen LogP contribution in [0.25, 0.3) is 0 Å². The molecule has 0 unspecified atom stereocenters. The summed E-state index contributed by atoms with van der Waals surface area (Å²) in [5, 5.41) is 0. The minimum atomic E-state index is 0.114. The second kappa shape index (κ2) is 8.21. The van der Waals surface area contributed by atoms with Crippen molar-refractivity contribution in [1.29, 1.82) is 0 Å². The molecule has 2 heteroatoms. The van der Waals surface area contributed by atoms with Crippen LogP contribution in [0.3, 0.4) is 0 Å². The van der Waals surface area contributed by atoms with Gasteiger partial charge in [-0.2, -0.15) is 0 Å². The lowest BCUT2D eigenvalue weighted by atomic mass is 9.76. The van der Waals surface area contributed by atoms with E-state index in [9.17, 15) is 4.79 Å². The lowest BCUT2D eigenvalue weighted by Gasteiger charge is -2.27. The summed E-state index contributed by atoms with van der Waals surface area (Å²) < 4.78 is 5.60. The summed E-state index contributed by atoms with van der Waals surface area (Å²) in [6, 6.07) is 8.14. The molecule has 0 N–H and O–H groups in total. The molecule has 0 amide bonds. The van der Waals surface area contributed by atoms with E-state index in [0.717, 1.165) is 37.2 Å². The first-order valence-electron chi connectivity index (χ1n) is 8.50. The Morgan fingerprint density at radius 2 is 1.86 bits per heavy atom. The van der Waals surface area contributed by atoms with Crippen molar-refractivity contribution in [2.24, 2.45) is 5.92 Å². The predicted molar refractivity (Wildman–Crippen MR) is 86.8 cm³/mol. The molecule has 0 heterocycles. The van der Waals surface area contributed by atoms with E-state index in [2.05, 4.69) is 26.0 Å². The van der Waals surface area contributed by atoms with Crippen LogP contribution in [0.1, 0.15) is 70.3 Å². The zero-order valence-corrected chi connectivity index (χ0v) is 13.4. The molecular formula is C19H28O2.